The molecule has 42 heavy (non-hydrogen) atoms. The molecule has 11 heteroatoms. The van der Waals surface area contributed by atoms with Gasteiger partial charge < -0.3 is 14.6 Å². The Bertz CT molecular complexity index is 1630. The zero-order chi connectivity index (χ0) is 29.1. The van der Waals surface area contributed by atoms with E-state index in [1.165, 1.54) is 17.8 Å². The number of fused-ring (bicyclic) bond motifs is 1. The number of imidazole rings is 1. The molecule has 1 amide bonds. The molecule has 3 aromatic heterocycles. The third kappa shape index (κ3) is 6.32. The molecular weight excluding hydrogens is 552 g/mol. The number of pyridine rings is 2. The Hall–Kier alpha value is -3.83. The summed E-state index contributed by atoms with van der Waals surface area (Å²) < 4.78 is 33.5. The number of piperidine rings is 1. The van der Waals surface area contributed by atoms with Crippen molar-refractivity contribution in [3.63, 3.8) is 0 Å². The highest BCUT2D eigenvalue weighted by molar-refractivity contribution is 7.90. The zero-order valence-electron chi connectivity index (χ0n) is 23.7. The van der Waals surface area contributed by atoms with Crippen LogP contribution in [0.2, 0.25) is 0 Å². The van der Waals surface area contributed by atoms with Crippen LogP contribution in [0.25, 0.3) is 22.4 Å². The summed E-state index contributed by atoms with van der Waals surface area (Å²) in [6.07, 6.45) is 9.05. The summed E-state index contributed by atoms with van der Waals surface area (Å²) in [5, 5.41) is -0.149. The van der Waals surface area contributed by atoms with Crippen LogP contribution in [0.5, 0.6) is 0 Å². The summed E-state index contributed by atoms with van der Waals surface area (Å²) in [5.41, 5.74) is 4.24. The molecule has 2 N–H and O–H groups in total. The van der Waals surface area contributed by atoms with Gasteiger partial charge in [0.2, 0.25) is 5.91 Å². The number of aromatic nitrogens is 4. The molecule has 1 saturated carbocycles. The number of sulfonamides is 1. The number of carbonyl (C=O) groups is 1. The number of amides is 1. The number of anilines is 1. The topological polar surface area (TPSA) is 130 Å². The van der Waals surface area contributed by atoms with Crippen LogP contribution in [0.15, 0.2) is 66.0 Å². The van der Waals surface area contributed by atoms with Crippen LogP contribution in [-0.4, -0.2) is 59.6 Å². The van der Waals surface area contributed by atoms with Gasteiger partial charge in [-0.3, -0.25) is 4.79 Å². The van der Waals surface area contributed by atoms with E-state index < -0.39 is 15.9 Å². The minimum absolute atomic E-state index is 0.0904. The zero-order valence-corrected chi connectivity index (χ0v) is 24.5. The molecule has 2 aliphatic rings. The summed E-state index contributed by atoms with van der Waals surface area (Å²) in [6.45, 7) is 3.88. The number of nitrogens with one attached hydrogen (secondary N) is 2. The molecular formula is C31H36N6O4S. The maximum Gasteiger partial charge on any atom is 0.281 e. The highest BCUT2D eigenvalue weighted by Gasteiger charge is 2.32. The van der Waals surface area contributed by atoms with Gasteiger partial charge in [-0.2, -0.15) is 8.42 Å². The molecule has 4 aromatic rings. The molecule has 0 unspecified atom stereocenters. The Morgan fingerprint density at radius 3 is 2.48 bits per heavy atom. The Kier molecular flexibility index (Phi) is 8.21. The second-order valence-corrected chi connectivity index (χ2v) is 12.8. The van der Waals surface area contributed by atoms with E-state index in [4.69, 9.17) is 14.7 Å². The highest BCUT2D eigenvalue weighted by atomic mass is 32.2. The van der Waals surface area contributed by atoms with E-state index in [1.54, 1.807) is 12.1 Å². The van der Waals surface area contributed by atoms with Crippen molar-refractivity contribution in [2.24, 2.45) is 5.92 Å². The number of hydrogen-bond donors (Lipinski definition) is 2. The number of aromatic amines is 1. The van der Waals surface area contributed by atoms with Crippen LogP contribution >= 0.6 is 0 Å². The fourth-order valence-corrected chi connectivity index (χ4v) is 6.85. The minimum atomic E-state index is -3.95. The van der Waals surface area contributed by atoms with Crippen molar-refractivity contribution < 1.29 is 17.9 Å². The Labute approximate surface area is 246 Å². The number of H-pyrrole nitrogens is 1. The van der Waals surface area contributed by atoms with Crippen LogP contribution in [0.3, 0.4) is 0 Å². The monoisotopic (exact) mass is 588 g/mol. The van der Waals surface area contributed by atoms with E-state index in [0.29, 0.717) is 12.8 Å². The summed E-state index contributed by atoms with van der Waals surface area (Å²) >= 11 is 0. The predicted molar refractivity (Wildman–Crippen MR) is 160 cm³/mol. The van der Waals surface area contributed by atoms with Crippen LogP contribution in [0.1, 0.15) is 51.0 Å². The lowest BCUT2D eigenvalue weighted by atomic mass is 9.87. The molecule has 1 aliphatic carbocycles. The van der Waals surface area contributed by atoms with Gasteiger partial charge in [0.05, 0.1) is 23.2 Å². The number of carbonyl (C=O) groups excluding carboxylic acids is 1. The molecule has 0 atom stereocenters. The van der Waals surface area contributed by atoms with E-state index in [2.05, 4.69) is 56.8 Å². The molecule has 2 fully saturated rings. The van der Waals surface area contributed by atoms with Gasteiger partial charge >= 0.3 is 0 Å². The van der Waals surface area contributed by atoms with Crippen molar-refractivity contribution in [1.29, 1.82) is 0 Å². The number of benzene rings is 1. The minimum Gasteiger partial charge on any atom is -0.375 e. The first kappa shape index (κ1) is 28.3. The Morgan fingerprint density at radius 1 is 1.00 bits per heavy atom. The largest absolute Gasteiger partial charge is 0.375 e. The number of hydrogen-bond acceptors (Lipinski definition) is 8. The van der Waals surface area contributed by atoms with Crippen LogP contribution in [0.4, 0.5) is 5.82 Å². The van der Waals surface area contributed by atoms with Gasteiger partial charge in [0.25, 0.3) is 10.0 Å². The van der Waals surface area contributed by atoms with E-state index in [9.17, 15) is 13.2 Å². The lowest BCUT2D eigenvalue weighted by Gasteiger charge is -2.36. The smallest absolute Gasteiger partial charge is 0.281 e. The van der Waals surface area contributed by atoms with Crippen molar-refractivity contribution in [2.45, 2.75) is 69.1 Å². The average molecular weight is 589 g/mol. The maximum absolute atomic E-state index is 12.6. The van der Waals surface area contributed by atoms with Gasteiger partial charge in [-0.15, -0.1) is 0 Å². The SMILES string of the molecule is CCc1ccc2nc(-c3ccc(N4CCC(OC5CCC(C(=O)NS(=O)(=O)c6ccccn6)CC5)CC4)nc3)[nH]c2c1. The molecule has 220 valence electrons. The van der Waals surface area contributed by atoms with Crippen molar-refractivity contribution in [2.75, 3.05) is 18.0 Å². The van der Waals surface area contributed by atoms with Crippen molar-refractivity contribution >= 4 is 32.8 Å². The molecule has 0 spiro atoms. The predicted octanol–water partition coefficient (Wildman–Crippen LogP) is 4.63. The normalized spacial score (nSPS) is 20.1. The van der Waals surface area contributed by atoms with Gasteiger partial charge in [0.1, 0.15) is 11.6 Å². The fourth-order valence-electron chi connectivity index (χ4n) is 5.85. The highest BCUT2D eigenvalue weighted by Crippen LogP contribution is 2.30. The lowest BCUT2D eigenvalue weighted by Crippen LogP contribution is -2.41. The van der Waals surface area contributed by atoms with E-state index in [-0.39, 0.29) is 23.2 Å². The Balaban J connectivity index is 0.960. The number of nitrogens with zero attached hydrogens (tertiary/aromatic N) is 4. The molecule has 0 radical (unpaired) electrons. The summed E-state index contributed by atoms with van der Waals surface area (Å²) in [5.74, 6) is 0.977. The first-order chi connectivity index (χ1) is 20.4. The third-order valence-electron chi connectivity index (χ3n) is 8.32. The number of aryl methyl sites for hydroxylation is 1. The quantitative estimate of drug-likeness (QED) is 0.305. The van der Waals surface area contributed by atoms with Gasteiger partial charge in [-0.05, 0) is 86.9 Å². The summed E-state index contributed by atoms with van der Waals surface area (Å²) in [6, 6.07) is 15.0. The summed E-state index contributed by atoms with van der Waals surface area (Å²) in [4.78, 5) is 31.7. The first-order valence-corrected chi connectivity index (χ1v) is 16.2. The molecule has 10 nitrogen and oxygen atoms in total. The second kappa shape index (κ2) is 12.2. The first-order valence-electron chi connectivity index (χ1n) is 14.7. The van der Waals surface area contributed by atoms with Gasteiger partial charge in [-0.1, -0.05) is 19.1 Å². The molecule has 0 bridgehead atoms. The van der Waals surface area contributed by atoms with E-state index >= 15 is 0 Å². The molecule has 1 saturated heterocycles. The van der Waals surface area contributed by atoms with E-state index in [1.807, 2.05) is 6.20 Å². The fraction of sp³-hybridized carbons (Fsp3) is 0.419. The van der Waals surface area contributed by atoms with Crippen LogP contribution in [-0.2, 0) is 26.0 Å². The van der Waals surface area contributed by atoms with Crippen molar-refractivity contribution in [3.05, 3.63) is 66.5 Å². The standard InChI is InChI=1S/C31H36N6O4S/c1-2-21-6-12-26-27(19-21)35-30(34-26)23-9-13-28(33-20-23)37-17-14-25(15-18-37)41-24-10-7-22(8-11-24)31(38)36-42(39,40)29-5-3-4-16-32-29/h3-6,9,12-13,16,19-20,22,24-25H,2,7-8,10-11,14-15,17-18H2,1H3,(H,34,35)(H,36,38). The molecule has 6 rings (SSSR count). The molecule has 4 heterocycles. The van der Waals surface area contributed by atoms with E-state index in [0.717, 1.165) is 73.4 Å². The average Bonchev–Trinajstić information content (AvgIpc) is 3.46. The number of rotatable bonds is 8. The molecule has 1 aliphatic heterocycles. The van der Waals surface area contributed by atoms with Gasteiger partial charge in [-0.25, -0.2) is 19.7 Å². The van der Waals surface area contributed by atoms with Gasteiger partial charge in [0.15, 0.2) is 5.03 Å². The third-order valence-corrected chi connectivity index (χ3v) is 9.58. The molecule has 1 aromatic carbocycles. The second-order valence-electron chi connectivity index (χ2n) is 11.1. The lowest BCUT2D eigenvalue weighted by molar-refractivity contribution is -0.125. The van der Waals surface area contributed by atoms with Crippen LogP contribution in [0, 0.1) is 5.92 Å². The van der Waals surface area contributed by atoms with Crippen molar-refractivity contribution in [3.8, 4) is 11.4 Å². The number of ether oxygens (including phenoxy) is 1. The van der Waals surface area contributed by atoms with Gasteiger partial charge in [0, 0.05) is 37.0 Å². The van der Waals surface area contributed by atoms with Crippen LogP contribution < -0.4 is 9.62 Å². The Morgan fingerprint density at radius 2 is 1.79 bits per heavy atom. The van der Waals surface area contributed by atoms with Crippen molar-refractivity contribution in [1.82, 2.24) is 24.7 Å². The maximum atomic E-state index is 12.6. The summed E-state index contributed by atoms with van der Waals surface area (Å²) in [7, 11) is -3.95.